The molecule has 3 rings (SSSR count). The molecule has 0 aromatic heterocycles. The Morgan fingerprint density at radius 1 is 1.00 bits per heavy atom. The first kappa shape index (κ1) is 14.3. The van der Waals surface area contributed by atoms with Gasteiger partial charge in [0.15, 0.2) is 11.5 Å². The molecule has 6 heteroatoms. The van der Waals surface area contributed by atoms with Crippen molar-refractivity contribution in [2.45, 2.75) is 6.42 Å². The number of fused-ring (bicyclic) bond motifs is 1. The minimum atomic E-state index is -0.910. The molecule has 0 unspecified atom stereocenters. The molecule has 22 heavy (non-hydrogen) atoms. The van der Waals surface area contributed by atoms with Gasteiger partial charge in [0.2, 0.25) is 0 Å². The van der Waals surface area contributed by atoms with Gasteiger partial charge in [-0.05, 0) is 24.3 Å². The molecule has 114 valence electrons. The molecule has 1 N–H and O–H groups in total. The van der Waals surface area contributed by atoms with Gasteiger partial charge in [-0.3, -0.25) is 4.79 Å². The Labute approximate surface area is 125 Å². The maximum atomic E-state index is 13.6. The summed E-state index contributed by atoms with van der Waals surface area (Å²) in [6.07, 6.45) is 0.775. The molecule has 0 bridgehead atoms. The minimum absolute atomic E-state index is 0.228. The van der Waals surface area contributed by atoms with E-state index in [1.54, 1.807) is 18.2 Å². The van der Waals surface area contributed by atoms with Gasteiger partial charge < -0.3 is 14.8 Å². The van der Waals surface area contributed by atoms with Crippen molar-refractivity contribution < 1.29 is 23.0 Å². The van der Waals surface area contributed by atoms with E-state index in [0.717, 1.165) is 18.6 Å². The summed E-state index contributed by atoms with van der Waals surface area (Å²) in [5, 5.41) is 2.55. The standard InChI is InChI=1S/C16H13F2NO3/c17-10-2-4-12(13(18)8-10)16(20)19-11-3-5-14-15(9-11)22-7-1-6-21-14/h2-5,8-9H,1,6-7H2,(H,19,20). The summed E-state index contributed by atoms with van der Waals surface area (Å²) in [6.45, 7) is 1.09. The summed E-state index contributed by atoms with van der Waals surface area (Å²) >= 11 is 0. The van der Waals surface area contributed by atoms with Crippen LogP contribution < -0.4 is 14.8 Å². The van der Waals surface area contributed by atoms with Crippen LogP contribution >= 0.6 is 0 Å². The molecule has 1 amide bonds. The maximum Gasteiger partial charge on any atom is 0.258 e. The van der Waals surface area contributed by atoms with Gasteiger partial charge >= 0.3 is 0 Å². The third-order valence-electron chi connectivity index (χ3n) is 3.18. The first-order valence-electron chi connectivity index (χ1n) is 6.79. The van der Waals surface area contributed by atoms with Crippen LogP contribution in [0.5, 0.6) is 11.5 Å². The van der Waals surface area contributed by atoms with Crippen LogP contribution in [-0.2, 0) is 0 Å². The quantitative estimate of drug-likeness (QED) is 0.925. The van der Waals surface area contributed by atoms with E-state index in [-0.39, 0.29) is 5.56 Å². The zero-order chi connectivity index (χ0) is 15.5. The minimum Gasteiger partial charge on any atom is -0.490 e. The number of hydrogen-bond donors (Lipinski definition) is 1. The molecule has 0 saturated carbocycles. The summed E-state index contributed by atoms with van der Waals surface area (Å²) in [4.78, 5) is 12.0. The molecule has 2 aromatic rings. The monoisotopic (exact) mass is 305 g/mol. The van der Waals surface area contributed by atoms with Gasteiger partial charge in [-0.1, -0.05) is 0 Å². The van der Waals surface area contributed by atoms with Crippen molar-refractivity contribution in [3.63, 3.8) is 0 Å². The number of carbonyl (C=O) groups is 1. The van der Waals surface area contributed by atoms with Crippen LogP contribution in [0.4, 0.5) is 14.5 Å². The third kappa shape index (κ3) is 3.00. The van der Waals surface area contributed by atoms with Crippen LogP contribution in [-0.4, -0.2) is 19.1 Å². The zero-order valence-electron chi connectivity index (χ0n) is 11.6. The summed E-state index contributed by atoms with van der Waals surface area (Å²) in [7, 11) is 0. The number of benzene rings is 2. The van der Waals surface area contributed by atoms with Crippen molar-refractivity contribution in [1.82, 2.24) is 0 Å². The van der Waals surface area contributed by atoms with E-state index in [4.69, 9.17) is 9.47 Å². The highest BCUT2D eigenvalue weighted by molar-refractivity contribution is 6.04. The van der Waals surface area contributed by atoms with Crippen molar-refractivity contribution in [1.29, 1.82) is 0 Å². The topological polar surface area (TPSA) is 47.6 Å². The molecule has 1 heterocycles. The van der Waals surface area contributed by atoms with Gasteiger partial charge in [0.25, 0.3) is 5.91 Å². The first-order valence-corrected chi connectivity index (χ1v) is 6.79. The Morgan fingerprint density at radius 3 is 2.55 bits per heavy atom. The number of amides is 1. The van der Waals surface area contributed by atoms with Crippen molar-refractivity contribution in [3.05, 3.63) is 53.6 Å². The highest BCUT2D eigenvalue weighted by Crippen LogP contribution is 2.32. The van der Waals surface area contributed by atoms with Gasteiger partial charge in [0.1, 0.15) is 11.6 Å². The first-order chi connectivity index (χ1) is 10.6. The largest absolute Gasteiger partial charge is 0.490 e. The number of rotatable bonds is 2. The lowest BCUT2D eigenvalue weighted by Crippen LogP contribution is -2.14. The fourth-order valence-electron chi connectivity index (χ4n) is 2.11. The second-order valence-corrected chi connectivity index (χ2v) is 4.79. The van der Waals surface area contributed by atoms with Crippen LogP contribution in [0.25, 0.3) is 0 Å². The molecule has 0 fully saturated rings. The van der Waals surface area contributed by atoms with Crippen LogP contribution in [0, 0.1) is 11.6 Å². The molecule has 0 radical (unpaired) electrons. The predicted molar refractivity (Wildman–Crippen MR) is 76.4 cm³/mol. The van der Waals surface area contributed by atoms with Crippen molar-refractivity contribution >= 4 is 11.6 Å². The molecule has 1 aliphatic heterocycles. The van der Waals surface area contributed by atoms with E-state index in [1.807, 2.05) is 0 Å². The lowest BCUT2D eigenvalue weighted by molar-refractivity contribution is 0.102. The molecule has 0 atom stereocenters. The SMILES string of the molecule is O=C(Nc1ccc2c(c1)OCCCO2)c1ccc(F)cc1F. The Kier molecular flexibility index (Phi) is 3.91. The van der Waals surface area contributed by atoms with E-state index in [1.165, 1.54) is 0 Å². The Morgan fingerprint density at radius 2 is 1.77 bits per heavy atom. The molecular formula is C16H13F2NO3. The smallest absolute Gasteiger partial charge is 0.258 e. The molecule has 2 aromatic carbocycles. The van der Waals surface area contributed by atoms with Gasteiger partial charge in [-0.2, -0.15) is 0 Å². The highest BCUT2D eigenvalue weighted by Gasteiger charge is 2.15. The summed E-state index contributed by atoms with van der Waals surface area (Å²) in [5.74, 6) is -1.18. The number of carbonyl (C=O) groups excluding carboxylic acids is 1. The van der Waals surface area contributed by atoms with E-state index in [0.29, 0.717) is 36.5 Å². The second-order valence-electron chi connectivity index (χ2n) is 4.79. The van der Waals surface area contributed by atoms with Crippen LogP contribution in [0.15, 0.2) is 36.4 Å². The van der Waals surface area contributed by atoms with E-state index < -0.39 is 17.5 Å². The van der Waals surface area contributed by atoms with Crippen molar-refractivity contribution in [2.24, 2.45) is 0 Å². The molecular weight excluding hydrogens is 292 g/mol. The lowest BCUT2D eigenvalue weighted by atomic mass is 10.2. The van der Waals surface area contributed by atoms with Crippen LogP contribution in [0.2, 0.25) is 0 Å². The second kappa shape index (κ2) is 6.01. The predicted octanol–water partition coefficient (Wildman–Crippen LogP) is 3.38. The molecule has 4 nitrogen and oxygen atoms in total. The third-order valence-corrected chi connectivity index (χ3v) is 3.18. The Bertz CT molecular complexity index is 719. The zero-order valence-corrected chi connectivity index (χ0v) is 11.6. The Balaban J connectivity index is 1.80. The number of halogens is 2. The number of ether oxygens (including phenoxy) is 2. The number of anilines is 1. The van der Waals surface area contributed by atoms with Gasteiger partial charge in [0.05, 0.1) is 18.8 Å². The molecule has 1 aliphatic rings. The normalized spacial score (nSPS) is 13.4. The highest BCUT2D eigenvalue weighted by atomic mass is 19.1. The summed E-state index contributed by atoms with van der Waals surface area (Å²) in [6, 6.07) is 7.72. The average Bonchev–Trinajstić information content (AvgIpc) is 2.71. The van der Waals surface area contributed by atoms with Gasteiger partial charge in [0, 0.05) is 24.2 Å². The Hall–Kier alpha value is -2.63. The van der Waals surface area contributed by atoms with Gasteiger partial charge in [-0.15, -0.1) is 0 Å². The summed E-state index contributed by atoms with van der Waals surface area (Å²) in [5.41, 5.74) is 0.214. The van der Waals surface area contributed by atoms with Crippen LogP contribution in [0.1, 0.15) is 16.8 Å². The number of hydrogen-bond acceptors (Lipinski definition) is 3. The van der Waals surface area contributed by atoms with E-state index in [9.17, 15) is 13.6 Å². The fraction of sp³-hybridized carbons (Fsp3) is 0.188. The van der Waals surface area contributed by atoms with Crippen molar-refractivity contribution in [2.75, 3.05) is 18.5 Å². The molecule has 0 aliphatic carbocycles. The fourth-order valence-corrected chi connectivity index (χ4v) is 2.11. The van der Waals surface area contributed by atoms with Crippen LogP contribution in [0.3, 0.4) is 0 Å². The summed E-state index contributed by atoms with van der Waals surface area (Å²) < 4.78 is 37.4. The van der Waals surface area contributed by atoms with E-state index in [2.05, 4.69) is 5.32 Å². The average molecular weight is 305 g/mol. The molecule has 0 saturated heterocycles. The van der Waals surface area contributed by atoms with Crippen molar-refractivity contribution in [3.8, 4) is 11.5 Å². The number of nitrogens with one attached hydrogen (secondary N) is 1. The molecule has 0 spiro atoms. The van der Waals surface area contributed by atoms with Gasteiger partial charge in [-0.25, -0.2) is 8.78 Å². The lowest BCUT2D eigenvalue weighted by Gasteiger charge is -2.10. The van der Waals surface area contributed by atoms with E-state index >= 15 is 0 Å². The maximum absolute atomic E-state index is 13.6.